The maximum atomic E-state index is 9.81. The average molecular weight is 279 g/mol. The van der Waals surface area contributed by atoms with Gasteiger partial charge >= 0.3 is 0 Å². The van der Waals surface area contributed by atoms with Crippen LogP contribution in [-0.4, -0.2) is 5.11 Å². The summed E-state index contributed by atoms with van der Waals surface area (Å²) in [5.74, 6) is 0. The number of allylic oxidation sites excluding steroid dienone is 4. The second kappa shape index (κ2) is 9.60. The van der Waals surface area contributed by atoms with Gasteiger partial charge in [-0.2, -0.15) is 0 Å². The van der Waals surface area contributed by atoms with Gasteiger partial charge in [0.1, 0.15) is 0 Å². The summed E-state index contributed by atoms with van der Waals surface area (Å²) >= 11 is 5.95. The zero-order valence-corrected chi connectivity index (χ0v) is 12.7. The maximum Gasteiger partial charge on any atom is 0.0787 e. The smallest absolute Gasteiger partial charge is 0.0787 e. The van der Waals surface area contributed by atoms with E-state index in [2.05, 4.69) is 13.2 Å². The SMILES string of the molecule is C=C/C=C(\C(=C)Cl)c1cccc(C(O)CC)c1.CC. The fraction of sp³-hybridized carbons (Fsp3) is 0.294. The van der Waals surface area contributed by atoms with Crippen molar-refractivity contribution in [1.29, 1.82) is 0 Å². The van der Waals surface area contributed by atoms with Crippen molar-refractivity contribution in [1.82, 2.24) is 0 Å². The number of aliphatic hydroxyl groups excluding tert-OH is 1. The van der Waals surface area contributed by atoms with E-state index in [0.717, 1.165) is 16.7 Å². The van der Waals surface area contributed by atoms with Crippen LogP contribution in [0.5, 0.6) is 0 Å². The molecule has 0 heterocycles. The van der Waals surface area contributed by atoms with Crippen LogP contribution in [0.25, 0.3) is 5.57 Å². The van der Waals surface area contributed by atoms with Crippen LogP contribution in [0.4, 0.5) is 0 Å². The molecule has 104 valence electrons. The summed E-state index contributed by atoms with van der Waals surface area (Å²) in [7, 11) is 0. The van der Waals surface area contributed by atoms with E-state index in [1.165, 1.54) is 0 Å². The summed E-state index contributed by atoms with van der Waals surface area (Å²) < 4.78 is 0. The molecule has 0 bridgehead atoms. The van der Waals surface area contributed by atoms with E-state index in [1.807, 2.05) is 51.1 Å². The van der Waals surface area contributed by atoms with Crippen molar-refractivity contribution in [2.75, 3.05) is 0 Å². The van der Waals surface area contributed by atoms with E-state index in [9.17, 15) is 5.11 Å². The van der Waals surface area contributed by atoms with Crippen LogP contribution in [0.3, 0.4) is 0 Å². The highest BCUT2D eigenvalue weighted by Crippen LogP contribution is 2.27. The molecule has 1 N–H and O–H groups in total. The predicted molar refractivity (Wildman–Crippen MR) is 86.2 cm³/mol. The van der Waals surface area contributed by atoms with Gasteiger partial charge in [-0.3, -0.25) is 0 Å². The summed E-state index contributed by atoms with van der Waals surface area (Å²) in [6, 6.07) is 7.67. The molecule has 0 spiro atoms. The van der Waals surface area contributed by atoms with Crippen LogP contribution in [0.1, 0.15) is 44.4 Å². The van der Waals surface area contributed by atoms with Gasteiger partial charge < -0.3 is 5.11 Å². The Balaban J connectivity index is 0.00000154. The lowest BCUT2D eigenvalue weighted by atomic mass is 9.99. The Kier molecular flexibility index (Phi) is 8.94. The second-order valence-electron chi connectivity index (χ2n) is 3.77. The molecule has 0 aliphatic heterocycles. The van der Waals surface area contributed by atoms with E-state index in [4.69, 9.17) is 11.6 Å². The van der Waals surface area contributed by atoms with Crippen LogP contribution in [-0.2, 0) is 0 Å². The zero-order chi connectivity index (χ0) is 14.8. The molecule has 1 unspecified atom stereocenters. The van der Waals surface area contributed by atoms with Crippen LogP contribution in [0, 0.1) is 0 Å². The summed E-state index contributed by atoms with van der Waals surface area (Å²) in [6.07, 6.45) is 3.73. The van der Waals surface area contributed by atoms with Crippen molar-refractivity contribution in [3.8, 4) is 0 Å². The minimum atomic E-state index is -0.441. The third-order valence-corrected chi connectivity index (χ3v) is 2.75. The standard InChI is InChI=1S/C15H17ClO.C2H6/c1-4-7-14(11(3)16)12-8-6-9-13(10-12)15(17)5-2;1-2/h4,6-10,15,17H,1,3,5H2,2H3;1-2H3/b14-7+;. The van der Waals surface area contributed by atoms with Gasteiger partial charge in [0, 0.05) is 5.03 Å². The van der Waals surface area contributed by atoms with Crippen LogP contribution in [0.2, 0.25) is 0 Å². The van der Waals surface area contributed by atoms with Crippen molar-refractivity contribution >= 4 is 17.2 Å². The van der Waals surface area contributed by atoms with Crippen LogP contribution in [0.15, 0.2) is 54.6 Å². The van der Waals surface area contributed by atoms with Crippen molar-refractivity contribution in [2.45, 2.75) is 33.3 Å². The molecular formula is C17H23ClO. The number of rotatable bonds is 5. The van der Waals surface area contributed by atoms with Gasteiger partial charge in [0.15, 0.2) is 0 Å². The van der Waals surface area contributed by atoms with Crippen molar-refractivity contribution in [3.63, 3.8) is 0 Å². The molecule has 0 amide bonds. The maximum absolute atomic E-state index is 9.81. The van der Waals surface area contributed by atoms with Crippen molar-refractivity contribution < 1.29 is 5.11 Å². The Labute approximate surface area is 121 Å². The molecule has 1 nitrogen and oxygen atoms in total. The molecule has 1 aromatic rings. The largest absolute Gasteiger partial charge is 0.388 e. The molecular weight excluding hydrogens is 256 g/mol. The van der Waals surface area contributed by atoms with Crippen LogP contribution < -0.4 is 0 Å². The topological polar surface area (TPSA) is 20.2 Å². The highest BCUT2D eigenvalue weighted by Gasteiger charge is 2.08. The highest BCUT2D eigenvalue weighted by atomic mass is 35.5. The molecule has 0 saturated carbocycles. The number of hydrogen-bond acceptors (Lipinski definition) is 1. The Hall–Kier alpha value is -1.31. The minimum absolute atomic E-state index is 0.441. The van der Waals surface area contributed by atoms with Gasteiger partial charge in [-0.15, -0.1) is 0 Å². The van der Waals surface area contributed by atoms with Gasteiger partial charge in [0.05, 0.1) is 6.10 Å². The molecule has 0 radical (unpaired) electrons. The van der Waals surface area contributed by atoms with Crippen molar-refractivity contribution in [3.05, 3.63) is 65.7 Å². The number of halogens is 1. The molecule has 1 aromatic carbocycles. The summed E-state index contributed by atoms with van der Waals surface area (Å²) in [6.45, 7) is 13.3. The third-order valence-electron chi connectivity index (χ3n) is 2.55. The number of aliphatic hydroxyl groups is 1. The zero-order valence-electron chi connectivity index (χ0n) is 12.0. The normalized spacial score (nSPS) is 12.2. The number of benzene rings is 1. The van der Waals surface area contributed by atoms with Crippen LogP contribution >= 0.6 is 11.6 Å². The number of hydrogen-bond donors (Lipinski definition) is 1. The lowest BCUT2D eigenvalue weighted by molar-refractivity contribution is 0.173. The molecule has 0 saturated heterocycles. The van der Waals surface area contributed by atoms with Gasteiger partial charge in [0.25, 0.3) is 0 Å². The van der Waals surface area contributed by atoms with E-state index >= 15 is 0 Å². The van der Waals surface area contributed by atoms with Crippen molar-refractivity contribution in [2.24, 2.45) is 0 Å². The monoisotopic (exact) mass is 278 g/mol. The van der Waals surface area contributed by atoms with E-state index in [1.54, 1.807) is 6.08 Å². The Bertz CT molecular complexity index is 446. The summed E-state index contributed by atoms with van der Waals surface area (Å²) in [4.78, 5) is 0. The van der Waals surface area contributed by atoms with E-state index in [-0.39, 0.29) is 0 Å². The first-order valence-corrected chi connectivity index (χ1v) is 6.93. The molecule has 2 heteroatoms. The Morgan fingerprint density at radius 2 is 2.05 bits per heavy atom. The molecule has 1 rings (SSSR count). The van der Waals surface area contributed by atoms with Gasteiger partial charge in [-0.05, 0) is 29.2 Å². The highest BCUT2D eigenvalue weighted by molar-refractivity contribution is 6.36. The lowest BCUT2D eigenvalue weighted by Crippen LogP contribution is -1.96. The summed E-state index contributed by atoms with van der Waals surface area (Å²) in [5.41, 5.74) is 2.65. The molecule has 0 fully saturated rings. The molecule has 19 heavy (non-hydrogen) atoms. The fourth-order valence-electron chi connectivity index (χ4n) is 1.61. The fourth-order valence-corrected chi connectivity index (χ4v) is 1.78. The van der Waals surface area contributed by atoms with Gasteiger partial charge in [0.2, 0.25) is 0 Å². The third kappa shape index (κ3) is 5.46. The first kappa shape index (κ1) is 17.7. The van der Waals surface area contributed by atoms with Gasteiger partial charge in [-0.25, -0.2) is 0 Å². The quantitative estimate of drug-likeness (QED) is 0.707. The molecule has 1 atom stereocenters. The summed E-state index contributed by atoms with van der Waals surface area (Å²) in [5, 5.41) is 10.3. The van der Waals surface area contributed by atoms with E-state index in [0.29, 0.717) is 11.5 Å². The lowest BCUT2D eigenvalue weighted by Gasteiger charge is -2.11. The second-order valence-corrected chi connectivity index (χ2v) is 4.23. The molecule has 0 aliphatic carbocycles. The Morgan fingerprint density at radius 3 is 2.53 bits per heavy atom. The molecule has 0 aromatic heterocycles. The average Bonchev–Trinajstić information content (AvgIpc) is 2.45. The van der Waals surface area contributed by atoms with Gasteiger partial charge in [-0.1, -0.05) is 75.9 Å². The first-order chi connectivity index (χ1) is 9.10. The van der Waals surface area contributed by atoms with E-state index < -0.39 is 6.10 Å². The Morgan fingerprint density at radius 1 is 1.42 bits per heavy atom. The minimum Gasteiger partial charge on any atom is -0.388 e. The first-order valence-electron chi connectivity index (χ1n) is 6.56. The molecule has 0 aliphatic rings. The predicted octanol–water partition coefficient (Wildman–Crippen LogP) is 5.48.